The largest absolute Gasteiger partial charge is 0.454 e. The summed E-state index contributed by atoms with van der Waals surface area (Å²) in [4.78, 5) is 23.9. The zero-order valence-corrected chi connectivity index (χ0v) is 22.6. The topological polar surface area (TPSA) is 54.9 Å². The molecular formula is C34H33N3O3. The number of nitrogens with zero attached hydrogens (tertiary/aromatic N) is 3. The van der Waals surface area contributed by atoms with Crippen molar-refractivity contribution in [2.24, 2.45) is 0 Å². The Morgan fingerprint density at radius 3 is 2.52 bits per heavy atom. The summed E-state index contributed by atoms with van der Waals surface area (Å²) in [5.41, 5.74) is 5.45. The molecule has 0 N–H and O–H groups in total. The van der Waals surface area contributed by atoms with Crippen molar-refractivity contribution in [1.29, 1.82) is 0 Å². The van der Waals surface area contributed by atoms with Crippen LogP contribution in [0.1, 0.15) is 47.3 Å². The van der Waals surface area contributed by atoms with Gasteiger partial charge in [0, 0.05) is 24.5 Å². The highest BCUT2D eigenvalue weighted by Crippen LogP contribution is 2.37. The lowest BCUT2D eigenvalue weighted by atomic mass is 9.99. The van der Waals surface area contributed by atoms with Gasteiger partial charge >= 0.3 is 0 Å². The zero-order valence-electron chi connectivity index (χ0n) is 22.6. The number of rotatable bonds is 6. The summed E-state index contributed by atoms with van der Waals surface area (Å²) in [6.45, 7) is 4.30. The van der Waals surface area contributed by atoms with Crippen LogP contribution in [0.5, 0.6) is 11.5 Å². The predicted molar refractivity (Wildman–Crippen MR) is 158 cm³/mol. The van der Waals surface area contributed by atoms with Crippen molar-refractivity contribution >= 4 is 29.0 Å². The smallest absolute Gasteiger partial charge is 0.254 e. The summed E-state index contributed by atoms with van der Waals surface area (Å²) in [6.07, 6.45) is 8.69. The Morgan fingerprint density at radius 1 is 0.850 bits per heavy atom. The van der Waals surface area contributed by atoms with E-state index in [1.54, 1.807) is 0 Å². The fourth-order valence-electron chi connectivity index (χ4n) is 6.22. The van der Waals surface area contributed by atoms with E-state index in [1.807, 2.05) is 54.6 Å². The van der Waals surface area contributed by atoms with E-state index in [9.17, 15) is 4.79 Å². The highest BCUT2D eigenvalue weighted by molar-refractivity contribution is 6.08. The molecule has 0 bridgehead atoms. The fourth-order valence-corrected chi connectivity index (χ4v) is 6.22. The summed E-state index contributed by atoms with van der Waals surface area (Å²) in [6, 6.07) is 24.6. The summed E-state index contributed by atoms with van der Waals surface area (Å²) in [5.74, 6) is 1.61. The van der Waals surface area contributed by atoms with Crippen LogP contribution in [0.2, 0.25) is 0 Å². The number of carbonyl (C=O) groups is 1. The lowest BCUT2D eigenvalue weighted by Gasteiger charge is -2.29. The number of pyridine rings is 1. The zero-order chi connectivity index (χ0) is 26.9. The number of amides is 1. The van der Waals surface area contributed by atoms with E-state index >= 15 is 0 Å². The Balaban J connectivity index is 1.28. The van der Waals surface area contributed by atoms with Crippen molar-refractivity contribution in [3.8, 4) is 22.6 Å². The first-order valence-electron chi connectivity index (χ1n) is 14.3. The second-order valence-electron chi connectivity index (χ2n) is 10.9. The van der Waals surface area contributed by atoms with E-state index < -0.39 is 0 Å². The number of fused-ring (bicyclic) bond motifs is 2. The molecule has 2 saturated heterocycles. The number of benzene rings is 3. The molecule has 1 amide bonds. The average molecular weight is 532 g/mol. The first-order chi connectivity index (χ1) is 19.7. The maximum Gasteiger partial charge on any atom is 0.254 e. The number of likely N-dealkylation sites (tertiary alicyclic amines) is 2. The van der Waals surface area contributed by atoms with Crippen LogP contribution < -0.4 is 9.47 Å². The summed E-state index contributed by atoms with van der Waals surface area (Å²) >= 11 is 0. The molecule has 4 aromatic rings. The highest BCUT2D eigenvalue weighted by atomic mass is 16.7. The molecule has 4 heterocycles. The maximum atomic E-state index is 14.3. The van der Waals surface area contributed by atoms with Gasteiger partial charge in [-0.05, 0) is 91.9 Å². The van der Waals surface area contributed by atoms with Crippen molar-refractivity contribution in [2.45, 2.75) is 31.7 Å². The van der Waals surface area contributed by atoms with Gasteiger partial charge in [-0.25, -0.2) is 4.98 Å². The first-order valence-corrected chi connectivity index (χ1v) is 14.3. The maximum absolute atomic E-state index is 14.3. The number of aromatic nitrogens is 1. The van der Waals surface area contributed by atoms with Crippen LogP contribution >= 0.6 is 0 Å². The molecule has 0 saturated carbocycles. The molecule has 6 nitrogen and oxygen atoms in total. The fraction of sp³-hybridized carbons (Fsp3) is 0.294. The molecule has 6 heteroatoms. The van der Waals surface area contributed by atoms with Crippen molar-refractivity contribution in [3.05, 3.63) is 89.6 Å². The number of hydrogen-bond donors (Lipinski definition) is 0. The van der Waals surface area contributed by atoms with Gasteiger partial charge in [0.25, 0.3) is 5.91 Å². The Hall–Kier alpha value is -4.16. The van der Waals surface area contributed by atoms with Crippen LogP contribution in [0.25, 0.3) is 34.2 Å². The summed E-state index contributed by atoms with van der Waals surface area (Å²) in [7, 11) is 0. The lowest BCUT2D eigenvalue weighted by molar-refractivity contribution is 0.0710. The molecule has 1 atom stereocenters. The van der Waals surface area contributed by atoms with Gasteiger partial charge in [-0.2, -0.15) is 0 Å². The lowest BCUT2D eigenvalue weighted by Crippen LogP contribution is -2.42. The quantitative estimate of drug-likeness (QED) is 0.284. The van der Waals surface area contributed by atoms with Crippen molar-refractivity contribution in [2.75, 3.05) is 33.0 Å². The standard InChI is InChI=1S/C34H33N3O3/c38-34(37-18-6-9-28(37)22-36-16-4-5-17-36)30-21-27(13-10-24-7-2-1-3-8-24)35-31-14-11-25(19-29(30)31)26-12-15-32-33(20-26)40-23-39-32/h1-3,7-8,10-15,19-21,28H,4-6,9,16-18,22-23H2/t28-/m0/s1. The summed E-state index contributed by atoms with van der Waals surface area (Å²) < 4.78 is 11.1. The van der Waals surface area contributed by atoms with E-state index in [0.29, 0.717) is 5.56 Å². The molecular weight excluding hydrogens is 498 g/mol. The van der Waals surface area contributed by atoms with Crippen LogP contribution in [0.15, 0.2) is 72.8 Å². The minimum Gasteiger partial charge on any atom is -0.454 e. The van der Waals surface area contributed by atoms with E-state index in [2.05, 4.69) is 40.1 Å². The molecule has 40 heavy (non-hydrogen) atoms. The molecule has 1 aromatic heterocycles. The minimum absolute atomic E-state index is 0.103. The Bertz CT molecular complexity index is 1580. The molecule has 0 radical (unpaired) electrons. The Labute approximate surface area is 234 Å². The van der Waals surface area contributed by atoms with Crippen LogP contribution in [-0.4, -0.2) is 59.7 Å². The first kappa shape index (κ1) is 24.9. The van der Waals surface area contributed by atoms with Gasteiger partial charge in [0.2, 0.25) is 6.79 Å². The van der Waals surface area contributed by atoms with Crippen LogP contribution in [0.3, 0.4) is 0 Å². The van der Waals surface area contributed by atoms with Gasteiger partial charge in [-0.3, -0.25) is 4.79 Å². The Morgan fingerprint density at radius 2 is 1.65 bits per heavy atom. The van der Waals surface area contributed by atoms with Crippen molar-refractivity contribution in [1.82, 2.24) is 14.8 Å². The third kappa shape index (κ3) is 4.95. The molecule has 202 valence electrons. The molecule has 3 aromatic carbocycles. The second-order valence-corrected chi connectivity index (χ2v) is 10.9. The molecule has 0 unspecified atom stereocenters. The molecule has 3 aliphatic heterocycles. The third-order valence-electron chi connectivity index (χ3n) is 8.32. The van der Waals surface area contributed by atoms with Gasteiger partial charge in [-0.1, -0.05) is 48.5 Å². The number of carbonyl (C=O) groups excluding carboxylic acids is 1. The molecule has 3 aliphatic rings. The minimum atomic E-state index is 0.103. The van der Waals surface area contributed by atoms with E-state index in [0.717, 1.165) is 83.8 Å². The van der Waals surface area contributed by atoms with E-state index in [1.165, 1.54) is 12.8 Å². The van der Waals surface area contributed by atoms with E-state index in [4.69, 9.17) is 14.5 Å². The SMILES string of the molecule is O=C(c1cc(C=Cc2ccccc2)nc2ccc(-c3ccc4c(c3)OCO4)cc12)N1CCC[C@H]1CN1CCCC1. The monoisotopic (exact) mass is 531 g/mol. The van der Waals surface area contributed by atoms with Crippen molar-refractivity contribution in [3.63, 3.8) is 0 Å². The summed E-state index contributed by atoms with van der Waals surface area (Å²) in [5, 5.41) is 0.879. The van der Waals surface area contributed by atoms with Gasteiger partial charge in [0.05, 0.1) is 16.8 Å². The highest BCUT2D eigenvalue weighted by Gasteiger charge is 2.32. The molecule has 0 aliphatic carbocycles. The predicted octanol–water partition coefficient (Wildman–Crippen LogP) is 6.50. The van der Waals surface area contributed by atoms with Crippen LogP contribution in [-0.2, 0) is 0 Å². The average Bonchev–Trinajstić information content (AvgIpc) is 3.78. The molecule has 7 rings (SSSR count). The molecule has 0 spiro atoms. The van der Waals surface area contributed by atoms with Crippen molar-refractivity contribution < 1.29 is 14.3 Å². The van der Waals surface area contributed by atoms with Gasteiger partial charge < -0.3 is 19.3 Å². The third-order valence-corrected chi connectivity index (χ3v) is 8.32. The Kier molecular flexibility index (Phi) is 6.70. The number of ether oxygens (including phenoxy) is 2. The van der Waals surface area contributed by atoms with Gasteiger partial charge in [0.15, 0.2) is 11.5 Å². The van der Waals surface area contributed by atoms with Gasteiger partial charge in [-0.15, -0.1) is 0 Å². The van der Waals surface area contributed by atoms with Crippen LogP contribution in [0, 0.1) is 0 Å². The molecule has 2 fully saturated rings. The normalized spacial score (nSPS) is 18.8. The second kappa shape index (κ2) is 10.8. The number of hydrogen-bond acceptors (Lipinski definition) is 5. The van der Waals surface area contributed by atoms with Gasteiger partial charge in [0.1, 0.15) is 0 Å². The van der Waals surface area contributed by atoms with E-state index in [-0.39, 0.29) is 18.7 Å². The van der Waals surface area contributed by atoms with Crippen LogP contribution in [0.4, 0.5) is 0 Å².